The molecule has 3 N–H and O–H groups in total. The topological polar surface area (TPSA) is 133 Å². The largest absolute Gasteiger partial charge is 0.465 e. The van der Waals surface area contributed by atoms with E-state index in [2.05, 4.69) is 15.6 Å². The zero-order chi connectivity index (χ0) is 28.1. The summed E-state index contributed by atoms with van der Waals surface area (Å²) < 4.78 is 4.86. The molecule has 1 aliphatic heterocycles. The minimum atomic E-state index is -1.33. The summed E-state index contributed by atoms with van der Waals surface area (Å²) in [6, 6.07) is 25.5. The van der Waals surface area contributed by atoms with Gasteiger partial charge in [-0.25, -0.2) is 4.99 Å². The second kappa shape index (κ2) is 11.6. The molecule has 4 aromatic rings. The van der Waals surface area contributed by atoms with Gasteiger partial charge in [-0.3, -0.25) is 24.1 Å². The van der Waals surface area contributed by atoms with Crippen molar-refractivity contribution in [3.63, 3.8) is 0 Å². The highest BCUT2D eigenvalue weighted by Crippen LogP contribution is 2.28. The fraction of sp³-hybridized carbons (Fsp3) is 0.167. The van der Waals surface area contributed by atoms with E-state index in [9.17, 15) is 19.2 Å². The highest BCUT2D eigenvalue weighted by atomic mass is 16.5. The Morgan fingerprint density at radius 2 is 1.70 bits per heavy atom. The second-order valence-electron chi connectivity index (χ2n) is 9.01. The van der Waals surface area contributed by atoms with Crippen molar-refractivity contribution in [2.45, 2.75) is 13.1 Å². The molecule has 0 saturated heterocycles. The number of anilines is 1. The lowest BCUT2D eigenvalue weighted by molar-refractivity contribution is -0.143. The van der Waals surface area contributed by atoms with Crippen LogP contribution in [0.4, 0.5) is 5.69 Å². The van der Waals surface area contributed by atoms with Crippen molar-refractivity contribution in [3.8, 4) is 0 Å². The van der Waals surface area contributed by atoms with E-state index in [-0.39, 0.29) is 18.8 Å². The average molecular weight is 538 g/mol. The van der Waals surface area contributed by atoms with Gasteiger partial charge in [0, 0.05) is 22.0 Å². The number of para-hydroxylation sites is 2. The molecule has 0 fully saturated rings. The lowest BCUT2D eigenvalue weighted by Crippen LogP contribution is -2.50. The Labute approximate surface area is 230 Å². The van der Waals surface area contributed by atoms with Crippen LogP contribution in [-0.4, -0.2) is 60.2 Å². The van der Waals surface area contributed by atoms with Gasteiger partial charge < -0.3 is 20.4 Å². The van der Waals surface area contributed by atoms with E-state index >= 15 is 0 Å². The molecular weight excluding hydrogens is 510 g/mol. The molecule has 1 atom stereocenters. The summed E-state index contributed by atoms with van der Waals surface area (Å²) in [6.07, 6.45) is -1.33. The molecule has 0 unspecified atom stereocenters. The first-order valence-electron chi connectivity index (χ1n) is 12.8. The maximum absolute atomic E-state index is 13.9. The zero-order valence-corrected chi connectivity index (χ0v) is 21.7. The van der Waals surface area contributed by atoms with Crippen molar-refractivity contribution in [1.82, 2.24) is 15.6 Å². The first-order valence-corrected chi connectivity index (χ1v) is 12.8. The quantitative estimate of drug-likeness (QED) is 0.297. The molecule has 0 spiro atoms. The van der Waals surface area contributed by atoms with E-state index in [4.69, 9.17) is 9.73 Å². The minimum absolute atomic E-state index is 0.185. The smallest absolute Gasteiger partial charge is 0.325 e. The van der Waals surface area contributed by atoms with Crippen molar-refractivity contribution >= 4 is 46.0 Å². The zero-order valence-electron chi connectivity index (χ0n) is 21.7. The number of nitrogens with zero attached hydrogens (tertiary/aromatic N) is 2. The van der Waals surface area contributed by atoms with E-state index < -0.39 is 36.4 Å². The van der Waals surface area contributed by atoms with Gasteiger partial charge in [0.2, 0.25) is 12.1 Å². The Bertz CT molecular complexity index is 1580. The number of aromatic amines is 1. The van der Waals surface area contributed by atoms with Gasteiger partial charge in [-0.15, -0.1) is 0 Å². The number of aliphatic imine (C=N–C) groups is 1. The summed E-state index contributed by atoms with van der Waals surface area (Å²) in [4.78, 5) is 60.9. The molecule has 5 rings (SSSR count). The molecule has 0 aliphatic carbocycles. The molecule has 3 amide bonds. The molecular formula is C30H27N5O5. The van der Waals surface area contributed by atoms with Gasteiger partial charge in [-0.2, -0.15) is 0 Å². The molecule has 202 valence electrons. The van der Waals surface area contributed by atoms with Crippen LogP contribution in [0.15, 0.2) is 89.9 Å². The normalized spacial score (nSPS) is 14.6. The maximum atomic E-state index is 13.9. The van der Waals surface area contributed by atoms with Crippen molar-refractivity contribution in [3.05, 3.63) is 102 Å². The van der Waals surface area contributed by atoms with Crippen LogP contribution in [0.2, 0.25) is 0 Å². The Hall–Kier alpha value is -5.25. The summed E-state index contributed by atoms with van der Waals surface area (Å²) >= 11 is 0. The van der Waals surface area contributed by atoms with Gasteiger partial charge in [-0.05, 0) is 25.1 Å². The third-order valence-electron chi connectivity index (χ3n) is 6.33. The summed E-state index contributed by atoms with van der Waals surface area (Å²) in [5.41, 5.74) is 3.33. The number of benzene rings is 3. The molecule has 0 radical (unpaired) electrons. The number of hydrogen-bond donors (Lipinski definition) is 3. The van der Waals surface area contributed by atoms with Crippen molar-refractivity contribution in [1.29, 1.82) is 0 Å². The second-order valence-corrected chi connectivity index (χ2v) is 9.01. The predicted octanol–water partition coefficient (Wildman–Crippen LogP) is 2.79. The van der Waals surface area contributed by atoms with Gasteiger partial charge >= 0.3 is 5.97 Å². The van der Waals surface area contributed by atoms with Crippen LogP contribution in [0.25, 0.3) is 10.9 Å². The van der Waals surface area contributed by atoms with Crippen LogP contribution >= 0.6 is 0 Å². The number of rotatable bonds is 8. The molecule has 2 heterocycles. The van der Waals surface area contributed by atoms with Crippen molar-refractivity contribution < 1.29 is 23.9 Å². The average Bonchev–Trinajstić information content (AvgIpc) is 3.38. The summed E-state index contributed by atoms with van der Waals surface area (Å²) in [6.45, 7) is 1.12. The number of ether oxygens (including phenoxy) is 1. The van der Waals surface area contributed by atoms with Crippen LogP contribution < -0.4 is 15.5 Å². The molecule has 0 saturated carbocycles. The number of H-pyrrole nitrogens is 1. The SMILES string of the molecule is CCOC(=O)CNC(=O)CN1C(=O)[C@@H](NC(=O)c2cc3ccccc3[nH]2)N=C(c2ccccc2)c2ccccc21. The third kappa shape index (κ3) is 5.60. The summed E-state index contributed by atoms with van der Waals surface area (Å²) in [5.74, 6) is -2.28. The Balaban J connectivity index is 1.50. The molecule has 1 aliphatic rings. The van der Waals surface area contributed by atoms with Crippen LogP contribution in [0.1, 0.15) is 28.5 Å². The van der Waals surface area contributed by atoms with Crippen LogP contribution in [0.5, 0.6) is 0 Å². The highest BCUT2D eigenvalue weighted by Gasteiger charge is 2.34. The van der Waals surface area contributed by atoms with E-state index in [1.165, 1.54) is 4.90 Å². The summed E-state index contributed by atoms with van der Waals surface area (Å²) in [7, 11) is 0. The predicted molar refractivity (Wildman–Crippen MR) is 150 cm³/mol. The number of hydrogen-bond acceptors (Lipinski definition) is 6. The Morgan fingerprint density at radius 3 is 2.48 bits per heavy atom. The fourth-order valence-electron chi connectivity index (χ4n) is 4.49. The highest BCUT2D eigenvalue weighted by molar-refractivity contribution is 6.21. The van der Waals surface area contributed by atoms with Crippen molar-refractivity contribution in [2.24, 2.45) is 4.99 Å². The Kier molecular flexibility index (Phi) is 7.68. The third-order valence-corrected chi connectivity index (χ3v) is 6.33. The molecule has 0 bridgehead atoms. The van der Waals surface area contributed by atoms with E-state index in [1.54, 1.807) is 31.2 Å². The first-order chi connectivity index (χ1) is 19.4. The summed E-state index contributed by atoms with van der Waals surface area (Å²) in [5, 5.41) is 6.07. The molecule has 10 nitrogen and oxygen atoms in total. The first kappa shape index (κ1) is 26.4. The lowest BCUT2D eigenvalue weighted by Gasteiger charge is -2.25. The van der Waals surface area contributed by atoms with Gasteiger partial charge in [0.05, 0.1) is 18.0 Å². The number of fused-ring (bicyclic) bond motifs is 2. The number of amides is 3. The van der Waals surface area contributed by atoms with Gasteiger partial charge in [0.1, 0.15) is 18.8 Å². The number of benzodiazepines with no additional fused rings is 1. The van der Waals surface area contributed by atoms with Crippen LogP contribution in [-0.2, 0) is 19.1 Å². The van der Waals surface area contributed by atoms with E-state index in [1.807, 2.05) is 60.7 Å². The number of nitrogens with one attached hydrogen (secondary N) is 3. The maximum Gasteiger partial charge on any atom is 0.325 e. The standard InChI is InChI=1S/C30H27N5O5/c1-2-40-26(37)17-31-25(36)18-35-24-15-9-7-13-21(24)27(19-10-4-3-5-11-19)33-28(30(35)39)34-29(38)23-16-20-12-6-8-14-22(20)32-23/h3-16,28,32H,2,17-18H2,1H3,(H,31,36)(H,34,38)/t28-/m1/s1. The fourth-order valence-corrected chi connectivity index (χ4v) is 4.49. The molecule has 3 aromatic carbocycles. The van der Waals surface area contributed by atoms with E-state index in [0.29, 0.717) is 17.0 Å². The Morgan fingerprint density at radius 1 is 0.975 bits per heavy atom. The van der Waals surface area contributed by atoms with Crippen LogP contribution in [0, 0.1) is 0 Å². The number of carbonyl (C=O) groups excluding carboxylic acids is 4. The molecule has 1 aromatic heterocycles. The molecule has 40 heavy (non-hydrogen) atoms. The van der Waals surface area contributed by atoms with Gasteiger partial charge in [-0.1, -0.05) is 66.7 Å². The number of aromatic nitrogens is 1. The van der Waals surface area contributed by atoms with Gasteiger partial charge in [0.15, 0.2) is 0 Å². The lowest BCUT2D eigenvalue weighted by atomic mass is 10.0. The van der Waals surface area contributed by atoms with Gasteiger partial charge in [0.25, 0.3) is 11.8 Å². The van der Waals surface area contributed by atoms with Crippen LogP contribution in [0.3, 0.4) is 0 Å². The number of esters is 1. The van der Waals surface area contributed by atoms with Crippen molar-refractivity contribution in [2.75, 3.05) is 24.6 Å². The number of carbonyl (C=O) groups is 4. The minimum Gasteiger partial charge on any atom is -0.465 e. The monoisotopic (exact) mass is 537 g/mol. The van der Waals surface area contributed by atoms with E-state index in [0.717, 1.165) is 16.5 Å². The molecule has 10 heteroatoms.